The Labute approximate surface area is 367 Å². The van der Waals surface area contributed by atoms with E-state index in [1.807, 2.05) is 0 Å². The van der Waals surface area contributed by atoms with E-state index in [9.17, 15) is 48.6 Å². The first-order chi connectivity index (χ1) is 29.6. The number of amides is 4. The minimum Gasteiger partial charge on any atom is -0.477 e. The molecule has 0 aromatic carbocycles. The van der Waals surface area contributed by atoms with Gasteiger partial charge in [-0.25, -0.2) is 19.6 Å². The van der Waals surface area contributed by atoms with Gasteiger partial charge in [-0.15, -0.1) is 34.9 Å². The number of nitrogens with one attached hydrogen (secondary N) is 4. The Balaban J connectivity index is 0.982. The summed E-state index contributed by atoms with van der Waals surface area (Å²) < 4.78 is 1.23. The average molecular weight is 950 g/mol. The van der Waals surface area contributed by atoms with Crippen LogP contribution in [-0.2, 0) is 45.5 Å². The van der Waals surface area contributed by atoms with Crippen LogP contribution in [0.5, 0.6) is 0 Å². The summed E-state index contributed by atoms with van der Waals surface area (Å²) in [5.41, 5.74) is 3.58. The number of nitrogens with two attached hydrogens (primary N) is 1. The van der Waals surface area contributed by atoms with E-state index in [0.717, 1.165) is 44.2 Å². The molecule has 25 nitrogen and oxygen atoms in total. The van der Waals surface area contributed by atoms with Gasteiger partial charge in [0.25, 0.3) is 23.6 Å². The molecular formula is C32H31N13O12S5. The molecule has 30 heteroatoms. The zero-order valence-corrected chi connectivity index (χ0v) is 36.0. The predicted molar refractivity (Wildman–Crippen MR) is 224 cm³/mol. The smallest absolute Gasteiger partial charge is 0.352 e. The molecule has 2 saturated heterocycles. The number of nitrogens with zero attached hydrogens (tertiary/aromatic N) is 8. The van der Waals surface area contributed by atoms with Gasteiger partial charge in [-0.2, -0.15) is 4.98 Å². The molecule has 0 unspecified atom stereocenters. The van der Waals surface area contributed by atoms with E-state index in [4.69, 9.17) is 15.4 Å². The van der Waals surface area contributed by atoms with Gasteiger partial charge in [0.2, 0.25) is 0 Å². The number of thioether (sulfide) groups is 3. The Hall–Kier alpha value is -6.24. The SMILES string of the molecule is CO/N=C(\C(=O)N[C@@H]1C(=O)N2C(C(=O)O)=C(CNc3ncc(/C(=N\OC)C(=O)N[C@H]4C(=O)N5C(C(=O)O)=C(CSc6nc(=O)c(=O)[nH]n6C)CS[C@@H]45)s3)CS[C@H]12)c1csc(N)n1. The number of anilines is 2. The number of hydrogen-bond donors (Lipinski definition) is 7. The molecule has 0 bridgehead atoms. The number of aromatic amines is 1. The second kappa shape index (κ2) is 18.0. The maximum atomic E-state index is 13.6. The number of fused-ring (bicyclic) bond motifs is 2. The lowest BCUT2D eigenvalue weighted by Gasteiger charge is -2.49. The number of aliphatic carboxylic acids is 2. The first-order valence-electron chi connectivity index (χ1n) is 17.5. The molecular weight excluding hydrogens is 919 g/mol. The minimum atomic E-state index is -1.37. The number of thiazole rings is 2. The number of β-lactam (4-membered cyclic amide) rings is 2. The molecule has 4 aliphatic heterocycles. The highest BCUT2D eigenvalue weighted by Gasteiger charge is 2.56. The van der Waals surface area contributed by atoms with E-state index in [1.54, 1.807) is 0 Å². The van der Waals surface area contributed by atoms with Crippen molar-refractivity contribution in [1.82, 2.24) is 45.2 Å². The van der Waals surface area contributed by atoms with Gasteiger partial charge in [-0.3, -0.25) is 48.3 Å². The van der Waals surface area contributed by atoms with Crippen molar-refractivity contribution in [1.29, 1.82) is 0 Å². The number of carboxylic acid groups (broad SMARTS) is 2. The van der Waals surface area contributed by atoms with E-state index in [0.29, 0.717) is 11.1 Å². The fourth-order valence-electron chi connectivity index (χ4n) is 6.40. The molecule has 62 heavy (non-hydrogen) atoms. The Kier molecular flexibility index (Phi) is 12.7. The molecule has 4 amide bonds. The maximum Gasteiger partial charge on any atom is 0.352 e. The summed E-state index contributed by atoms with van der Waals surface area (Å²) in [6.45, 7) is -0.0707. The van der Waals surface area contributed by atoms with Gasteiger partial charge < -0.3 is 41.6 Å². The fraction of sp³-hybridized carbons (Fsp3) is 0.344. The summed E-state index contributed by atoms with van der Waals surface area (Å²) in [4.78, 5) is 125. The van der Waals surface area contributed by atoms with Crippen molar-refractivity contribution in [2.24, 2.45) is 17.4 Å². The number of carbonyl (C=O) groups is 6. The molecule has 2 fully saturated rings. The van der Waals surface area contributed by atoms with Crippen LogP contribution in [0.25, 0.3) is 0 Å². The molecule has 0 radical (unpaired) electrons. The number of nitrogen functional groups attached to an aromatic ring is 1. The van der Waals surface area contributed by atoms with Gasteiger partial charge in [0.15, 0.2) is 26.8 Å². The van der Waals surface area contributed by atoms with E-state index in [2.05, 4.69) is 46.3 Å². The normalized spacial score (nSPS) is 21.1. The van der Waals surface area contributed by atoms with Crippen LogP contribution in [0.3, 0.4) is 0 Å². The predicted octanol–water partition coefficient (Wildman–Crippen LogP) is -1.95. The van der Waals surface area contributed by atoms with Crippen LogP contribution in [-0.4, -0.2) is 153 Å². The van der Waals surface area contributed by atoms with Gasteiger partial charge in [-0.1, -0.05) is 33.4 Å². The van der Waals surface area contributed by atoms with Crippen molar-refractivity contribution in [2.75, 3.05) is 49.1 Å². The van der Waals surface area contributed by atoms with Crippen LogP contribution >= 0.6 is 58.0 Å². The number of carboxylic acids is 2. The fourth-order valence-corrected chi connectivity index (χ4v) is 11.5. The number of aromatic nitrogens is 5. The zero-order valence-electron chi connectivity index (χ0n) is 32.0. The first-order valence-corrected chi connectivity index (χ1v) is 22.3. The minimum absolute atomic E-state index is 0.0315. The molecule has 0 spiro atoms. The van der Waals surface area contributed by atoms with Gasteiger partial charge in [-0.05, 0) is 11.1 Å². The largest absolute Gasteiger partial charge is 0.477 e. The molecule has 4 atom stereocenters. The van der Waals surface area contributed by atoms with Crippen LogP contribution in [0.15, 0.2) is 59.2 Å². The molecule has 3 aromatic heterocycles. The number of oxime groups is 2. The molecule has 326 valence electrons. The molecule has 3 aromatic rings. The lowest BCUT2D eigenvalue weighted by Crippen LogP contribution is -2.71. The monoisotopic (exact) mass is 949 g/mol. The van der Waals surface area contributed by atoms with Crippen molar-refractivity contribution >= 4 is 115 Å². The number of H-pyrrole nitrogens is 1. The lowest BCUT2D eigenvalue weighted by atomic mass is 10.0. The second-order valence-corrected chi connectivity index (χ2v) is 18.0. The van der Waals surface area contributed by atoms with Crippen LogP contribution in [0.4, 0.5) is 10.3 Å². The topological polar surface area (TPSA) is 348 Å². The van der Waals surface area contributed by atoms with E-state index in [1.165, 1.54) is 61.0 Å². The third kappa shape index (κ3) is 8.36. The lowest BCUT2D eigenvalue weighted by molar-refractivity contribution is -0.150. The summed E-state index contributed by atoms with van der Waals surface area (Å²) >= 11 is 5.47. The van der Waals surface area contributed by atoms with Crippen molar-refractivity contribution in [3.63, 3.8) is 0 Å². The standard InChI is InChI=1S/C32H31N13O12S5/c1-43-32(39-22(48)23(49)40-43)61-8-11-7-59-27-17(25(51)45(27)19(11)29(54)55)38-21(47)15(42-57-3)13-5-35-31(62-13)34-4-10-6-58-26-16(24(50)44(26)18(10)28(52)53)37-20(46)14(41-56-2)12-9-60-30(33)36-12/h5,9,16-17,26-27H,4,6-8H2,1-3H3,(H2,33,36)(H,34,35)(H,37,46)(H,38,47)(H,40,49)(H,52,53)(H,54,55)/b41-14-,42-15+/t16-,17+,26-,27+/m1/s1. The number of carbonyl (C=O) groups excluding carboxylic acids is 4. The molecule has 0 saturated carbocycles. The van der Waals surface area contributed by atoms with Crippen molar-refractivity contribution in [2.45, 2.75) is 28.0 Å². The van der Waals surface area contributed by atoms with Gasteiger partial charge in [0, 0.05) is 42.4 Å². The summed E-state index contributed by atoms with van der Waals surface area (Å²) in [5, 5.41) is 38.8. The number of aryl methyl sites for hydroxylation is 1. The zero-order chi connectivity index (χ0) is 44.6. The van der Waals surface area contributed by atoms with Crippen molar-refractivity contribution in [3.05, 3.63) is 65.4 Å². The summed E-state index contributed by atoms with van der Waals surface area (Å²) in [7, 11) is 3.90. The molecule has 7 heterocycles. The van der Waals surface area contributed by atoms with Crippen LogP contribution in [0, 0.1) is 0 Å². The third-order valence-electron chi connectivity index (χ3n) is 9.15. The number of rotatable bonds is 16. The highest BCUT2D eigenvalue weighted by molar-refractivity contribution is 8.01. The van der Waals surface area contributed by atoms with Gasteiger partial charge in [0.1, 0.15) is 54.1 Å². The molecule has 8 N–H and O–H groups in total. The highest BCUT2D eigenvalue weighted by atomic mass is 32.2. The quantitative estimate of drug-likeness (QED) is 0.0270. The summed E-state index contributed by atoms with van der Waals surface area (Å²) in [5.74, 6) is -5.34. The van der Waals surface area contributed by atoms with Crippen LogP contribution < -0.4 is 32.8 Å². The van der Waals surface area contributed by atoms with Gasteiger partial charge in [0.05, 0.1) is 4.88 Å². The van der Waals surface area contributed by atoms with Gasteiger partial charge >= 0.3 is 23.1 Å². The second-order valence-electron chi connectivity index (χ2n) is 12.9. The molecule has 0 aliphatic carbocycles. The van der Waals surface area contributed by atoms with Crippen LogP contribution in [0.2, 0.25) is 0 Å². The molecule has 7 rings (SSSR count). The average Bonchev–Trinajstić information content (AvgIpc) is 3.90. The highest BCUT2D eigenvalue weighted by Crippen LogP contribution is 2.42. The van der Waals surface area contributed by atoms with Crippen molar-refractivity contribution < 1.29 is 48.7 Å². The summed E-state index contributed by atoms with van der Waals surface area (Å²) in [6.07, 6.45) is 1.31. The Morgan fingerprint density at radius 2 is 1.50 bits per heavy atom. The maximum absolute atomic E-state index is 13.6. The Bertz CT molecular complexity index is 2650. The van der Waals surface area contributed by atoms with E-state index >= 15 is 0 Å². The van der Waals surface area contributed by atoms with Crippen LogP contribution in [0.1, 0.15) is 10.6 Å². The molecule has 4 aliphatic rings. The third-order valence-corrected chi connectivity index (χ3v) is 14.6. The Morgan fingerprint density at radius 3 is 2.08 bits per heavy atom. The Morgan fingerprint density at radius 1 is 0.919 bits per heavy atom. The van der Waals surface area contributed by atoms with E-state index < -0.39 is 69.5 Å². The van der Waals surface area contributed by atoms with Crippen molar-refractivity contribution in [3.8, 4) is 0 Å². The number of hydrogen-bond acceptors (Lipinski definition) is 22. The first kappa shape index (κ1) is 43.8. The summed E-state index contributed by atoms with van der Waals surface area (Å²) in [6, 6.07) is -2.20. The van der Waals surface area contributed by atoms with E-state index in [-0.39, 0.29) is 72.6 Å².